The van der Waals surface area contributed by atoms with Crippen LogP contribution in [0.5, 0.6) is 0 Å². The molecule has 0 bridgehead atoms. The predicted octanol–water partition coefficient (Wildman–Crippen LogP) is 2.75. The van der Waals surface area contributed by atoms with Crippen LogP contribution in [0, 0.1) is 0 Å². The van der Waals surface area contributed by atoms with E-state index in [1.165, 1.54) is 58.2 Å². The fourth-order valence-electron chi connectivity index (χ4n) is 3.47. The normalized spacial score (nSPS) is 26.7. The molecule has 2 heterocycles. The SMILES string of the molecule is CC(C)N1CCC(N(C)CCCC2CCCO2)CC1. The van der Waals surface area contributed by atoms with Crippen LogP contribution in [0.3, 0.4) is 0 Å². The van der Waals surface area contributed by atoms with Gasteiger partial charge in [0.15, 0.2) is 0 Å². The minimum atomic E-state index is 0.566. The molecule has 2 saturated heterocycles. The Kier molecular flexibility index (Phi) is 6.11. The van der Waals surface area contributed by atoms with Gasteiger partial charge in [0.25, 0.3) is 0 Å². The summed E-state index contributed by atoms with van der Waals surface area (Å²) in [6.45, 7) is 9.41. The summed E-state index contributed by atoms with van der Waals surface area (Å²) in [5.74, 6) is 0. The quantitative estimate of drug-likeness (QED) is 0.737. The van der Waals surface area contributed by atoms with Crippen molar-refractivity contribution >= 4 is 0 Å². The second-order valence-corrected chi connectivity index (χ2v) is 6.62. The lowest BCUT2D eigenvalue weighted by atomic mass is 10.0. The smallest absolute Gasteiger partial charge is 0.0576 e. The minimum absolute atomic E-state index is 0.566. The molecule has 3 heteroatoms. The summed E-state index contributed by atoms with van der Waals surface area (Å²) < 4.78 is 5.70. The Labute approximate surface area is 119 Å². The Hall–Kier alpha value is -0.120. The minimum Gasteiger partial charge on any atom is -0.378 e. The predicted molar refractivity (Wildman–Crippen MR) is 80.6 cm³/mol. The fourth-order valence-corrected chi connectivity index (χ4v) is 3.47. The second-order valence-electron chi connectivity index (χ2n) is 6.62. The highest BCUT2D eigenvalue weighted by molar-refractivity contribution is 4.80. The molecule has 112 valence electrons. The molecule has 3 nitrogen and oxygen atoms in total. The molecule has 0 aromatic heterocycles. The topological polar surface area (TPSA) is 15.7 Å². The Morgan fingerprint density at radius 3 is 2.53 bits per heavy atom. The second kappa shape index (κ2) is 7.61. The van der Waals surface area contributed by atoms with Gasteiger partial charge in [-0.25, -0.2) is 0 Å². The van der Waals surface area contributed by atoms with Gasteiger partial charge < -0.3 is 14.5 Å². The maximum Gasteiger partial charge on any atom is 0.0576 e. The zero-order valence-electron chi connectivity index (χ0n) is 13.1. The van der Waals surface area contributed by atoms with E-state index in [9.17, 15) is 0 Å². The van der Waals surface area contributed by atoms with Crippen LogP contribution in [0.25, 0.3) is 0 Å². The number of ether oxygens (including phenoxy) is 1. The first-order valence-electron chi connectivity index (χ1n) is 8.22. The molecule has 1 unspecified atom stereocenters. The summed E-state index contributed by atoms with van der Waals surface area (Å²) in [6, 6.07) is 1.52. The van der Waals surface area contributed by atoms with Crippen molar-refractivity contribution in [2.24, 2.45) is 0 Å². The van der Waals surface area contributed by atoms with Gasteiger partial charge in [-0.05, 0) is 79.1 Å². The summed E-state index contributed by atoms with van der Waals surface area (Å²) in [5, 5.41) is 0. The number of rotatable bonds is 6. The van der Waals surface area contributed by atoms with Crippen molar-refractivity contribution in [1.29, 1.82) is 0 Å². The zero-order valence-corrected chi connectivity index (χ0v) is 13.1. The van der Waals surface area contributed by atoms with Gasteiger partial charge in [0, 0.05) is 18.7 Å². The van der Waals surface area contributed by atoms with Crippen molar-refractivity contribution in [2.45, 2.75) is 70.6 Å². The van der Waals surface area contributed by atoms with Crippen molar-refractivity contribution in [3.8, 4) is 0 Å². The van der Waals surface area contributed by atoms with Gasteiger partial charge in [-0.2, -0.15) is 0 Å². The maximum atomic E-state index is 5.70. The summed E-state index contributed by atoms with van der Waals surface area (Å²) in [4.78, 5) is 5.20. The van der Waals surface area contributed by atoms with Crippen molar-refractivity contribution in [1.82, 2.24) is 9.80 Å². The van der Waals surface area contributed by atoms with Gasteiger partial charge in [0.1, 0.15) is 0 Å². The number of nitrogens with zero attached hydrogens (tertiary/aromatic N) is 2. The van der Waals surface area contributed by atoms with Gasteiger partial charge in [0.05, 0.1) is 6.10 Å². The molecular formula is C16H32N2O. The van der Waals surface area contributed by atoms with E-state index in [4.69, 9.17) is 4.74 Å². The van der Waals surface area contributed by atoms with E-state index in [0.717, 1.165) is 12.6 Å². The third kappa shape index (κ3) is 4.73. The van der Waals surface area contributed by atoms with Crippen LogP contribution in [0.15, 0.2) is 0 Å². The lowest BCUT2D eigenvalue weighted by Crippen LogP contribution is -2.45. The lowest BCUT2D eigenvalue weighted by molar-refractivity contribution is 0.0871. The van der Waals surface area contributed by atoms with E-state index in [1.54, 1.807) is 0 Å². The van der Waals surface area contributed by atoms with Gasteiger partial charge >= 0.3 is 0 Å². The van der Waals surface area contributed by atoms with Crippen LogP contribution in [-0.2, 0) is 4.74 Å². The molecule has 0 spiro atoms. The zero-order chi connectivity index (χ0) is 13.7. The number of likely N-dealkylation sites (tertiary alicyclic amines) is 1. The average Bonchev–Trinajstić information content (AvgIpc) is 2.92. The summed E-state index contributed by atoms with van der Waals surface area (Å²) >= 11 is 0. The molecule has 0 aliphatic carbocycles. The summed E-state index contributed by atoms with van der Waals surface area (Å²) in [7, 11) is 2.31. The molecule has 0 N–H and O–H groups in total. The first kappa shape index (κ1) is 15.3. The molecule has 1 atom stereocenters. The third-order valence-electron chi connectivity index (χ3n) is 4.91. The van der Waals surface area contributed by atoms with E-state index in [1.807, 2.05) is 0 Å². The van der Waals surface area contributed by atoms with E-state index < -0.39 is 0 Å². The van der Waals surface area contributed by atoms with Gasteiger partial charge in [-0.3, -0.25) is 0 Å². The lowest BCUT2D eigenvalue weighted by Gasteiger charge is -2.38. The van der Waals surface area contributed by atoms with E-state index >= 15 is 0 Å². The number of piperidine rings is 1. The van der Waals surface area contributed by atoms with Gasteiger partial charge in [-0.1, -0.05) is 0 Å². The molecule has 2 aliphatic rings. The number of hydrogen-bond acceptors (Lipinski definition) is 3. The monoisotopic (exact) mass is 268 g/mol. The van der Waals surface area contributed by atoms with E-state index in [2.05, 4.69) is 30.7 Å². The Bertz CT molecular complexity index is 243. The molecule has 0 amide bonds. The molecule has 19 heavy (non-hydrogen) atoms. The van der Waals surface area contributed by atoms with Crippen molar-refractivity contribution in [3.63, 3.8) is 0 Å². The Morgan fingerprint density at radius 2 is 1.95 bits per heavy atom. The summed E-state index contributed by atoms with van der Waals surface area (Å²) in [5.41, 5.74) is 0. The Balaban J connectivity index is 1.59. The molecule has 0 saturated carbocycles. The Morgan fingerprint density at radius 1 is 1.21 bits per heavy atom. The van der Waals surface area contributed by atoms with Gasteiger partial charge in [-0.15, -0.1) is 0 Å². The maximum absolute atomic E-state index is 5.70. The first-order chi connectivity index (χ1) is 9.16. The van der Waals surface area contributed by atoms with Crippen LogP contribution in [-0.4, -0.2) is 61.3 Å². The summed E-state index contributed by atoms with van der Waals surface area (Å²) in [6.07, 6.45) is 8.37. The van der Waals surface area contributed by atoms with E-state index in [0.29, 0.717) is 12.1 Å². The van der Waals surface area contributed by atoms with Crippen LogP contribution < -0.4 is 0 Å². The highest BCUT2D eigenvalue weighted by Crippen LogP contribution is 2.20. The molecule has 2 aliphatic heterocycles. The van der Waals surface area contributed by atoms with Crippen LogP contribution in [0.4, 0.5) is 0 Å². The molecule has 0 radical (unpaired) electrons. The molecule has 0 aromatic rings. The third-order valence-corrected chi connectivity index (χ3v) is 4.91. The largest absolute Gasteiger partial charge is 0.378 e. The van der Waals surface area contributed by atoms with Crippen LogP contribution >= 0.6 is 0 Å². The van der Waals surface area contributed by atoms with Crippen molar-refractivity contribution < 1.29 is 4.74 Å². The van der Waals surface area contributed by atoms with Crippen molar-refractivity contribution in [3.05, 3.63) is 0 Å². The highest BCUT2D eigenvalue weighted by Gasteiger charge is 2.23. The molecule has 2 fully saturated rings. The standard InChI is InChI=1S/C16H32N2O/c1-14(2)18-11-8-15(9-12-18)17(3)10-4-6-16-7-5-13-19-16/h14-16H,4-13H2,1-3H3. The average molecular weight is 268 g/mol. The van der Waals surface area contributed by atoms with Crippen LogP contribution in [0.1, 0.15) is 52.4 Å². The fraction of sp³-hybridized carbons (Fsp3) is 1.00. The molecule has 0 aromatic carbocycles. The van der Waals surface area contributed by atoms with E-state index in [-0.39, 0.29) is 0 Å². The number of hydrogen-bond donors (Lipinski definition) is 0. The van der Waals surface area contributed by atoms with Crippen LogP contribution in [0.2, 0.25) is 0 Å². The van der Waals surface area contributed by atoms with Crippen molar-refractivity contribution in [2.75, 3.05) is 33.3 Å². The molecular weight excluding hydrogens is 236 g/mol. The highest BCUT2D eigenvalue weighted by atomic mass is 16.5. The first-order valence-corrected chi connectivity index (χ1v) is 8.22. The molecule has 2 rings (SSSR count). The van der Waals surface area contributed by atoms with Gasteiger partial charge in [0.2, 0.25) is 0 Å².